The fraction of sp³-hybridized carbons (Fsp3) is 0.500. The van der Waals surface area contributed by atoms with E-state index in [-0.39, 0.29) is 5.91 Å². The minimum absolute atomic E-state index is 0.289. The van der Waals surface area contributed by atoms with Crippen LogP contribution in [0, 0.1) is 13.8 Å². The molecular weight excluding hydrogens is 312 g/mol. The predicted molar refractivity (Wildman–Crippen MR) is 96.4 cm³/mol. The van der Waals surface area contributed by atoms with Crippen LogP contribution in [-0.2, 0) is 4.79 Å². The maximum atomic E-state index is 12.0. The van der Waals surface area contributed by atoms with E-state index < -0.39 is 6.10 Å². The highest BCUT2D eigenvalue weighted by molar-refractivity contribution is 7.80. The van der Waals surface area contributed by atoms with Crippen LogP contribution in [0.15, 0.2) is 18.2 Å². The highest BCUT2D eigenvalue weighted by Crippen LogP contribution is 2.21. The van der Waals surface area contributed by atoms with Crippen LogP contribution in [0.2, 0.25) is 0 Å². The molecule has 0 aliphatic heterocycles. The van der Waals surface area contributed by atoms with Gasteiger partial charge in [0.15, 0.2) is 11.2 Å². The number of likely N-dealkylation sites (N-methyl/N-ethyl adjacent to an activating group) is 1. The van der Waals surface area contributed by atoms with Crippen molar-refractivity contribution in [3.8, 4) is 5.75 Å². The van der Waals surface area contributed by atoms with E-state index in [2.05, 4.69) is 16.2 Å². The maximum absolute atomic E-state index is 12.0. The molecule has 0 saturated carbocycles. The Morgan fingerprint density at radius 1 is 1.30 bits per heavy atom. The first-order valence-electron chi connectivity index (χ1n) is 7.52. The van der Waals surface area contributed by atoms with Crippen LogP contribution in [0.3, 0.4) is 0 Å². The number of hydrogen-bond donors (Lipinski definition) is 3. The van der Waals surface area contributed by atoms with Crippen LogP contribution in [0.4, 0.5) is 0 Å². The Balaban J connectivity index is 2.39. The summed E-state index contributed by atoms with van der Waals surface area (Å²) in [5.41, 5.74) is 7.37. The second-order valence-electron chi connectivity index (χ2n) is 5.63. The largest absolute Gasteiger partial charge is 0.481 e. The van der Waals surface area contributed by atoms with E-state index in [1.807, 2.05) is 51.0 Å². The molecule has 0 aliphatic carbocycles. The molecule has 23 heavy (non-hydrogen) atoms. The molecule has 0 aromatic heterocycles. The molecule has 0 fully saturated rings. The van der Waals surface area contributed by atoms with E-state index >= 15 is 0 Å². The molecule has 3 N–H and O–H groups in total. The van der Waals surface area contributed by atoms with Crippen molar-refractivity contribution in [3.05, 3.63) is 29.3 Å². The van der Waals surface area contributed by atoms with Gasteiger partial charge in [-0.3, -0.25) is 15.6 Å². The zero-order valence-electron chi connectivity index (χ0n) is 14.4. The summed E-state index contributed by atoms with van der Waals surface area (Å²) in [7, 11) is 3.96. The molecule has 0 saturated heterocycles. The average molecular weight is 338 g/mol. The first-order valence-corrected chi connectivity index (χ1v) is 7.93. The number of thiocarbonyl (C=S) groups is 1. The highest BCUT2D eigenvalue weighted by Gasteiger charge is 2.16. The Morgan fingerprint density at radius 3 is 2.65 bits per heavy atom. The second kappa shape index (κ2) is 9.32. The van der Waals surface area contributed by atoms with Crippen molar-refractivity contribution in [1.82, 2.24) is 21.1 Å². The average Bonchev–Trinajstić information content (AvgIpc) is 2.49. The third kappa shape index (κ3) is 6.83. The number of nitrogens with one attached hydrogen (secondary N) is 3. The Bertz CT molecular complexity index is 549. The first kappa shape index (κ1) is 19.2. The molecule has 0 unspecified atom stereocenters. The Kier molecular flexibility index (Phi) is 7.77. The standard InChI is InChI=1S/C16H26N4O2S/c1-11-7-6-8-14(12(11)2)22-13(3)15(21)18-19-16(23)17-9-10-20(4)5/h6-8,13H,9-10H2,1-5H3,(H,18,21)(H2,17,19,23)/t13-/m0/s1. The topological polar surface area (TPSA) is 65.6 Å². The number of aryl methyl sites for hydroxylation is 1. The number of hydrazine groups is 1. The van der Waals surface area contributed by atoms with Gasteiger partial charge in [0, 0.05) is 13.1 Å². The molecule has 1 aromatic rings. The summed E-state index contributed by atoms with van der Waals surface area (Å²) < 4.78 is 5.71. The van der Waals surface area contributed by atoms with Crippen LogP contribution in [0.5, 0.6) is 5.75 Å². The molecule has 6 nitrogen and oxygen atoms in total. The lowest BCUT2D eigenvalue weighted by Gasteiger charge is -2.18. The lowest BCUT2D eigenvalue weighted by Crippen LogP contribution is -2.51. The predicted octanol–water partition coefficient (Wildman–Crippen LogP) is 1.13. The molecule has 1 aromatic carbocycles. The minimum atomic E-state index is -0.632. The van der Waals surface area contributed by atoms with Gasteiger partial charge in [0.05, 0.1) is 0 Å². The molecular formula is C16H26N4O2S. The molecule has 0 heterocycles. The van der Waals surface area contributed by atoms with Crippen molar-refractivity contribution in [2.24, 2.45) is 0 Å². The van der Waals surface area contributed by atoms with Gasteiger partial charge in [0.1, 0.15) is 5.75 Å². The first-order chi connectivity index (χ1) is 10.8. The van der Waals surface area contributed by atoms with Crippen molar-refractivity contribution >= 4 is 23.2 Å². The smallest absolute Gasteiger partial charge is 0.279 e. The number of amides is 1. The Hall–Kier alpha value is -1.86. The quantitative estimate of drug-likeness (QED) is 0.534. The van der Waals surface area contributed by atoms with E-state index in [9.17, 15) is 4.79 Å². The third-order valence-corrected chi connectivity index (χ3v) is 3.62. The normalized spacial score (nSPS) is 11.7. The fourth-order valence-corrected chi connectivity index (χ4v) is 1.91. The van der Waals surface area contributed by atoms with E-state index in [0.29, 0.717) is 17.4 Å². The number of ether oxygens (including phenoxy) is 1. The SMILES string of the molecule is Cc1cccc(O[C@@H](C)C(=O)NNC(=S)NCCN(C)C)c1C. The van der Waals surface area contributed by atoms with Gasteiger partial charge in [0.25, 0.3) is 5.91 Å². The molecule has 1 atom stereocenters. The third-order valence-electron chi connectivity index (χ3n) is 3.37. The molecule has 128 valence electrons. The summed E-state index contributed by atoms with van der Waals surface area (Å²) in [6.07, 6.45) is -0.632. The summed E-state index contributed by atoms with van der Waals surface area (Å²) in [5, 5.41) is 3.37. The molecule has 7 heteroatoms. The summed E-state index contributed by atoms with van der Waals surface area (Å²) in [6, 6.07) is 5.77. The van der Waals surface area contributed by atoms with Gasteiger partial charge < -0.3 is 15.0 Å². The number of benzene rings is 1. The van der Waals surface area contributed by atoms with Gasteiger partial charge >= 0.3 is 0 Å². The molecule has 0 bridgehead atoms. The number of hydrogen-bond acceptors (Lipinski definition) is 4. The van der Waals surface area contributed by atoms with Crippen LogP contribution >= 0.6 is 12.2 Å². The maximum Gasteiger partial charge on any atom is 0.279 e. The van der Waals surface area contributed by atoms with Crippen LogP contribution in [0.1, 0.15) is 18.1 Å². The van der Waals surface area contributed by atoms with Gasteiger partial charge in [0.2, 0.25) is 0 Å². The zero-order valence-corrected chi connectivity index (χ0v) is 15.2. The van der Waals surface area contributed by atoms with Crippen LogP contribution < -0.4 is 20.9 Å². The number of carbonyl (C=O) groups is 1. The van der Waals surface area contributed by atoms with Crippen molar-refractivity contribution in [1.29, 1.82) is 0 Å². The molecule has 1 amide bonds. The minimum Gasteiger partial charge on any atom is -0.481 e. The second-order valence-corrected chi connectivity index (χ2v) is 6.04. The van der Waals surface area contributed by atoms with Crippen molar-refractivity contribution < 1.29 is 9.53 Å². The Morgan fingerprint density at radius 2 is 2.00 bits per heavy atom. The van der Waals surface area contributed by atoms with E-state index in [4.69, 9.17) is 17.0 Å². The van der Waals surface area contributed by atoms with Gasteiger partial charge in [-0.05, 0) is 64.3 Å². The lowest BCUT2D eigenvalue weighted by atomic mass is 10.1. The summed E-state index contributed by atoms with van der Waals surface area (Å²) in [6.45, 7) is 7.22. The van der Waals surface area contributed by atoms with E-state index in [0.717, 1.165) is 17.7 Å². The van der Waals surface area contributed by atoms with E-state index in [1.54, 1.807) is 6.92 Å². The number of rotatable bonds is 6. The summed E-state index contributed by atoms with van der Waals surface area (Å²) in [5.74, 6) is 0.419. The zero-order chi connectivity index (χ0) is 17.4. The van der Waals surface area contributed by atoms with Crippen molar-refractivity contribution in [2.75, 3.05) is 27.2 Å². The molecule has 1 rings (SSSR count). The molecule has 0 radical (unpaired) electrons. The van der Waals surface area contributed by atoms with Crippen molar-refractivity contribution in [2.45, 2.75) is 26.9 Å². The van der Waals surface area contributed by atoms with E-state index in [1.165, 1.54) is 0 Å². The summed E-state index contributed by atoms with van der Waals surface area (Å²) in [4.78, 5) is 14.1. The van der Waals surface area contributed by atoms with Gasteiger partial charge in [-0.15, -0.1) is 0 Å². The highest BCUT2D eigenvalue weighted by atomic mass is 32.1. The van der Waals surface area contributed by atoms with Gasteiger partial charge in [-0.2, -0.15) is 0 Å². The monoisotopic (exact) mass is 338 g/mol. The van der Waals surface area contributed by atoms with Crippen LogP contribution in [-0.4, -0.2) is 49.2 Å². The lowest BCUT2D eigenvalue weighted by molar-refractivity contribution is -0.127. The number of carbonyl (C=O) groups excluding carboxylic acids is 1. The van der Waals surface area contributed by atoms with Gasteiger partial charge in [-0.1, -0.05) is 12.1 Å². The van der Waals surface area contributed by atoms with Crippen molar-refractivity contribution in [3.63, 3.8) is 0 Å². The van der Waals surface area contributed by atoms with Gasteiger partial charge in [-0.25, -0.2) is 0 Å². The fourth-order valence-electron chi connectivity index (χ4n) is 1.75. The van der Waals surface area contributed by atoms with Crippen LogP contribution in [0.25, 0.3) is 0 Å². The molecule has 0 aliphatic rings. The molecule has 0 spiro atoms. The number of nitrogens with zero attached hydrogens (tertiary/aromatic N) is 1. The summed E-state index contributed by atoms with van der Waals surface area (Å²) >= 11 is 5.08. The Labute approximate surface area is 143 Å².